The molecule has 0 aliphatic heterocycles. The second-order valence-corrected chi connectivity index (χ2v) is 6.32. The monoisotopic (exact) mass is 323 g/mol. The van der Waals surface area contributed by atoms with Gasteiger partial charge in [-0.2, -0.15) is 13.2 Å². The highest BCUT2D eigenvalue weighted by Gasteiger charge is 2.25. The fraction of sp³-hybridized carbons (Fsp3) is 0.462. The number of halogens is 3. The molecule has 21 heavy (non-hydrogen) atoms. The predicted octanol–water partition coefficient (Wildman–Crippen LogP) is 2.90. The fourth-order valence-electron chi connectivity index (χ4n) is 1.61. The second-order valence-electron chi connectivity index (χ2n) is 4.55. The third-order valence-corrected chi connectivity index (χ3v) is 4.23. The Hall–Kier alpha value is -1.41. The van der Waals surface area contributed by atoms with Gasteiger partial charge in [0.2, 0.25) is 10.0 Å². The number of unbranched alkanes of at least 4 members (excludes halogenated alkanes) is 1. The lowest BCUT2D eigenvalue weighted by molar-refractivity contribution is -0.135. The van der Waals surface area contributed by atoms with Crippen LogP contribution in [0.2, 0.25) is 0 Å². The summed E-state index contributed by atoms with van der Waals surface area (Å²) in [7, 11) is -3.76. The van der Waals surface area contributed by atoms with E-state index in [0.717, 1.165) is 0 Å². The molecule has 0 fully saturated rings. The van der Waals surface area contributed by atoms with Crippen LogP contribution in [-0.2, 0) is 10.0 Å². The number of rotatable bonds is 7. The first-order valence-electron chi connectivity index (χ1n) is 6.29. The van der Waals surface area contributed by atoms with Gasteiger partial charge in [0.05, 0.1) is 4.90 Å². The number of alkyl halides is 3. The molecule has 0 heterocycles. The number of hydrogen-bond donors (Lipinski definition) is 1. The molecular formula is C13H16F3NO3S. The van der Waals surface area contributed by atoms with E-state index in [9.17, 15) is 26.4 Å². The summed E-state index contributed by atoms with van der Waals surface area (Å²) in [4.78, 5) is 11.0. The molecular weight excluding hydrogens is 307 g/mol. The van der Waals surface area contributed by atoms with Crippen molar-refractivity contribution in [2.75, 3.05) is 6.54 Å². The maximum absolute atomic E-state index is 11.9. The van der Waals surface area contributed by atoms with E-state index in [-0.39, 0.29) is 30.1 Å². The number of carbonyl (C=O) groups excluding carboxylic acids is 1. The minimum atomic E-state index is -4.22. The van der Waals surface area contributed by atoms with E-state index in [1.165, 1.54) is 31.2 Å². The molecule has 4 nitrogen and oxygen atoms in total. The van der Waals surface area contributed by atoms with Crippen LogP contribution in [0.5, 0.6) is 0 Å². The molecule has 0 radical (unpaired) electrons. The standard InChI is InChI=1S/C13H16F3NO3S/c1-10(18)11-4-6-12(7-5-11)21(19,20)17-9-3-2-8-13(14,15)16/h4-7,17H,2-3,8-9H2,1H3. The lowest BCUT2D eigenvalue weighted by Crippen LogP contribution is -2.25. The second kappa shape index (κ2) is 7.04. The summed E-state index contributed by atoms with van der Waals surface area (Å²) in [6.45, 7) is 1.30. The Morgan fingerprint density at radius 2 is 1.71 bits per heavy atom. The van der Waals surface area contributed by atoms with Gasteiger partial charge in [-0.25, -0.2) is 13.1 Å². The molecule has 1 aromatic rings. The first-order valence-corrected chi connectivity index (χ1v) is 7.77. The Morgan fingerprint density at radius 1 is 1.14 bits per heavy atom. The van der Waals surface area contributed by atoms with Gasteiger partial charge in [-0.15, -0.1) is 0 Å². The van der Waals surface area contributed by atoms with Gasteiger partial charge in [-0.05, 0) is 31.9 Å². The number of hydrogen-bond acceptors (Lipinski definition) is 3. The summed E-state index contributed by atoms with van der Waals surface area (Å²) in [5.41, 5.74) is 0.388. The quantitative estimate of drug-likeness (QED) is 0.620. The highest BCUT2D eigenvalue weighted by atomic mass is 32.2. The van der Waals surface area contributed by atoms with Crippen LogP contribution in [0, 0.1) is 0 Å². The van der Waals surface area contributed by atoms with Crippen LogP contribution in [-0.4, -0.2) is 26.9 Å². The number of ketones is 1. The lowest BCUT2D eigenvalue weighted by Gasteiger charge is -2.08. The molecule has 0 aliphatic carbocycles. The third kappa shape index (κ3) is 6.26. The van der Waals surface area contributed by atoms with Crippen molar-refractivity contribution >= 4 is 15.8 Å². The van der Waals surface area contributed by atoms with Crippen molar-refractivity contribution < 1.29 is 26.4 Å². The zero-order valence-electron chi connectivity index (χ0n) is 11.4. The van der Waals surface area contributed by atoms with E-state index in [0.29, 0.717) is 5.56 Å². The number of sulfonamides is 1. The molecule has 1 rings (SSSR count). The van der Waals surface area contributed by atoms with Crippen LogP contribution in [0.15, 0.2) is 29.2 Å². The lowest BCUT2D eigenvalue weighted by atomic mass is 10.2. The number of Topliss-reactive ketones (excluding diaryl/α,β-unsaturated/α-hetero) is 1. The molecule has 0 amide bonds. The van der Waals surface area contributed by atoms with E-state index >= 15 is 0 Å². The minimum Gasteiger partial charge on any atom is -0.295 e. The van der Waals surface area contributed by atoms with E-state index in [1.807, 2.05) is 0 Å². The molecule has 0 bridgehead atoms. The molecule has 0 aromatic heterocycles. The topological polar surface area (TPSA) is 63.2 Å². The molecule has 0 aliphatic rings. The van der Waals surface area contributed by atoms with Crippen LogP contribution in [0.4, 0.5) is 13.2 Å². The van der Waals surface area contributed by atoms with Crippen molar-refractivity contribution in [3.8, 4) is 0 Å². The highest BCUT2D eigenvalue weighted by Crippen LogP contribution is 2.22. The normalized spacial score (nSPS) is 12.4. The van der Waals surface area contributed by atoms with Gasteiger partial charge in [-0.1, -0.05) is 12.1 Å². The SMILES string of the molecule is CC(=O)c1ccc(S(=O)(=O)NCCCCC(F)(F)F)cc1. The maximum atomic E-state index is 11.9. The van der Waals surface area contributed by atoms with Gasteiger partial charge in [-0.3, -0.25) is 4.79 Å². The van der Waals surface area contributed by atoms with Gasteiger partial charge >= 0.3 is 6.18 Å². The van der Waals surface area contributed by atoms with Gasteiger partial charge < -0.3 is 0 Å². The van der Waals surface area contributed by atoms with Crippen LogP contribution in [0.3, 0.4) is 0 Å². The van der Waals surface area contributed by atoms with Gasteiger partial charge in [0.15, 0.2) is 5.78 Å². The molecule has 0 spiro atoms. The van der Waals surface area contributed by atoms with Crippen molar-refractivity contribution in [1.82, 2.24) is 4.72 Å². The first-order chi connectivity index (χ1) is 9.62. The molecule has 0 atom stereocenters. The van der Waals surface area contributed by atoms with Gasteiger partial charge in [0, 0.05) is 18.5 Å². The highest BCUT2D eigenvalue weighted by molar-refractivity contribution is 7.89. The average Bonchev–Trinajstić information content (AvgIpc) is 2.37. The Kier molecular flexibility index (Phi) is 5.91. The third-order valence-electron chi connectivity index (χ3n) is 2.75. The van der Waals surface area contributed by atoms with E-state index < -0.39 is 22.6 Å². The smallest absolute Gasteiger partial charge is 0.295 e. The molecule has 0 saturated carbocycles. The van der Waals surface area contributed by atoms with Crippen LogP contribution < -0.4 is 4.72 Å². The summed E-state index contributed by atoms with van der Waals surface area (Å²) in [5, 5.41) is 0. The van der Waals surface area contributed by atoms with Gasteiger partial charge in [0.1, 0.15) is 0 Å². The van der Waals surface area contributed by atoms with Crippen LogP contribution >= 0.6 is 0 Å². The largest absolute Gasteiger partial charge is 0.389 e. The summed E-state index contributed by atoms with van der Waals surface area (Å²) >= 11 is 0. The Bertz CT molecular complexity index is 580. The summed E-state index contributed by atoms with van der Waals surface area (Å²) in [5.74, 6) is -0.181. The molecule has 8 heteroatoms. The molecule has 0 unspecified atom stereocenters. The fourth-order valence-corrected chi connectivity index (χ4v) is 2.68. The van der Waals surface area contributed by atoms with E-state index in [4.69, 9.17) is 0 Å². The van der Waals surface area contributed by atoms with Gasteiger partial charge in [0.25, 0.3) is 0 Å². The van der Waals surface area contributed by atoms with E-state index in [1.54, 1.807) is 0 Å². The van der Waals surface area contributed by atoms with Crippen molar-refractivity contribution in [3.05, 3.63) is 29.8 Å². The van der Waals surface area contributed by atoms with Crippen molar-refractivity contribution in [3.63, 3.8) is 0 Å². The van der Waals surface area contributed by atoms with Crippen LogP contribution in [0.1, 0.15) is 36.5 Å². The average molecular weight is 323 g/mol. The predicted molar refractivity (Wildman–Crippen MR) is 71.5 cm³/mol. The Balaban J connectivity index is 2.52. The van der Waals surface area contributed by atoms with Crippen LogP contribution in [0.25, 0.3) is 0 Å². The summed E-state index contributed by atoms with van der Waals surface area (Å²) in [6, 6.07) is 5.35. The maximum Gasteiger partial charge on any atom is 0.389 e. The number of carbonyl (C=O) groups is 1. The molecule has 1 N–H and O–H groups in total. The summed E-state index contributed by atoms with van der Waals surface area (Å²) in [6.07, 6.45) is -5.18. The van der Waals surface area contributed by atoms with Crippen molar-refractivity contribution in [1.29, 1.82) is 0 Å². The minimum absolute atomic E-state index is 0.0247. The molecule has 118 valence electrons. The zero-order valence-corrected chi connectivity index (χ0v) is 12.2. The van der Waals surface area contributed by atoms with Crippen molar-refractivity contribution in [2.45, 2.75) is 37.3 Å². The Labute approximate surface area is 121 Å². The van der Waals surface area contributed by atoms with Crippen molar-refractivity contribution in [2.24, 2.45) is 0 Å². The molecule has 0 saturated heterocycles. The van der Waals surface area contributed by atoms with E-state index in [2.05, 4.69) is 4.72 Å². The first kappa shape index (κ1) is 17.6. The number of nitrogens with one attached hydrogen (secondary N) is 1. The summed E-state index contributed by atoms with van der Waals surface area (Å²) < 4.78 is 61.7. The number of benzene rings is 1. The molecule has 1 aromatic carbocycles. The Morgan fingerprint density at radius 3 is 2.19 bits per heavy atom. The zero-order chi connectivity index (χ0) is 16.1.